The van der Waals surface area contributed by atoms with Crippen molar-refractivity contribution >= 4 is 11.5 Å². The van der Waals surface area contributed by atoms with Crippen LogP contribution in [0.3, 0.4) is 0 Å². The summed E-state index contributed by atoms with van der Waals surface area (Å²) in [6, 6.07) is 3.73. The van der Waals surface area contributed by atoms with Crippen molar-refractivity contribution in [2.75, 3.05) is 0 Å². The molecule has 2 aromatic rings. The molecule has 0 fully saturated rings. The van der Waals surface area contributed by atoms with Gasteiger partial charge in [0, 0.05) is 12.6 Å². The molecule has 0 saturated carbocycles. The summed E-state index contributed by atoms with van der Waals surface area (Å²) in [5, 5.41) is 8.74. The second-order valence-corrected chi connectivity index (χ2v) is 3.83. The number of aliphatic carboxylic acids is 1. The highest BCUT2D eigenvalue weighted by molar-refractivity contribution is 5.71. The van der Waals surface area contributed by atoms with Gasteiger partial charge in [-0.05, 0) is 24.6 Å². The van der Waals surface area contributed by atoms with Crippen molar-refractivity contribution in [3.05, 3.63) is 35.4 Å². The van der Waals surface area contributed by atoms with Crippen LogP contribution in [0.25, 0.3) is 5.52 Å². The van der Waals surface area contributed by atoms with E-state index < -0.39 is 5.97 Å². The lowest BCUT2D eigenvalue weighted by Crippen LogP contribution is -2.01. The summed E-state index contributed by atoms with van der Waals surface area (Å²) in [5.74, 6) is 0.201. The predicted molar refractivity (Wildman–Crippen MR) is 60.6 cm³/mol. The van der Waals surface area contributed by atoms with Crippen LogP contribution in [-0.2, 0) is 17.6 Å². The van der Waals surface area contributed by atoms with Gasteiger partial charge in [-0.15, -0.1) is 0 Å². The summed E-state index contributed by atoms with van der Waals surface area (Å²) in [5.41, 5.74) is 2.75. The maximum atomic E-state index is 10.6. The minimum Gasteiger partial charge on any atom is -0.481 e. The van der Waals surface area contributed by atoms with Crippen LogP contribution in [0.1, 0.15) is 24.0 Å². The Kier molecular flexibility index (Phi) is 2.64. The standard InChI is InChI=1S/C12H14N2O2/c1-3-11-13-8(2)10-6-9(7-12(15)16)4-5-14(10)11/h4-6H,3,7H2,1-2H3,(H,15,16). The van der Waals surface area contributed by atoms with Gasteiger partial charge >= 0.3 is 5.97 Å². The first-order valence-corrected chi connectivity index (χ1v) is 5.30. The van der Waals surface area contributed by atoms with Crippen LogP contribution in [0.15, 0.2) is 18.3 Å². The average Bonchev–Trinajstić information content (AvgIpc) is 2.55. The molecule has 0 aliphatic rings. The first-order valence-electron chi connectivity index (χ1n) is 5.30. The Labute approximate surface area is 93.5 Å². The number of aryl methyl sites for hydroxylation is 2. The van der Waals surface area contributed by atoms with Crippen molar-refractivity contribution in [3.8, 4) is 0 Å². The highest BCUT2D eigenvalue weighted by Crippen LogP contribution is 2.15. The van der Waals surface area contributed by atoms with Gasteiger partial charge in [0.05, 0.1) is 17.6 Å². The normalized spacial score (nSPS) is 10.9. The molecule has 0 unspecified atom stereocenters. The predicted octanol–water partition coefficient (Wildman–Crippen LogP) is 1.83. The second-order valence-electron chi connectivity index (χ2n) is 3.83. The lowest BCUT2D eigenvalue weighted by Gasteiger charge is -2.01. The SMILES string of the molecule is CCc1nc(C)c2cc(CC(=O)O)ccn12. The molecule has 0 aliphatic heterocycles. The van der Waals surface area contributed by atoms with E-state index in [1.807, 2.05) is 29.7 Å². The molecule has 0 amide bonds. The summed E-state index contributed by atoms with van der Waals surface area (Å²) in [6.07, 6.45) is 2.82. The minimum atomic E-state index is -0.808. The Morgan fingerprint density at radius 3 is 2.94 bits per heavy atom. The highest BCUT2D eigenvalue weighted by Gasteiger charge is 2.08. The summed E-state index contributed by atoms with van der Waals surface area (Å²) in [4.78, 5) is 15.1. The highest BCUT2D eigenvalue weighted by atomic mass is 16.4. The second kappa shape index (κ2) is 3.96. The molecule has 0 saturated heterocycles. The van der Waals surface area contributed by atoms with Gasteiger partial charge in [-0.25, -0.2) is 4.98 Å². The molecule has 0 atom stereocenters. The average molecular weight is 218 g/mol. The van der Waals surface area contributed by atoms with Gasteiger partial charge in [0.25, 0.3) is 0 Å². The lowest BCUT2D eigenvalue weighted by atomic mass is 10.2. The summed E-state index contributed by atoms with van der Waals surface area (Å²) in [6.45, 7) is 4.00. The van der Waals surface area contributed by atoms with Gasteiger partial charge in [0.15, 0.2) is 0 Å². The van der Waals surface area contributed by atoms with Crippen LogP contribution in [-0.4, -0.2) is 20.5 Å². The number of hydrogen-bond donors (Lipinski definition) is 1. The molecule has 16 heavy (non-hydrogen) atoms. The third-order valence-corrected chi connectivity index (χ3v) is 2.64. The maximum Gasteiger partial charge on any atom is 0.307 e. The molecule has 1 N–H and O–H groups in total. The molecule has 0 aliphatic carbocycles. The van der Waals surface area contributed by atoms with Crippen LogP contribution in [0.5, 0.6) is 0 Å². The first-order chi connectivity index (χ1) is 7.61. The molecular weight excluding hydrogens is 204 g/mol. The van der Waals surface area contributed by atoms with Crippen molar-refractivity contribution < 1.29 is 9.90 Å². The molecule has 0 radical (unpaired) electrons. The molecule has 4 heteroatoms. The van der Waals surface area contributed by atoms with Crippen molar-refractivity contribution in [3.63, 3.8) is 0 Å². The van der Waals surface area contributed by atoms with E-state index in [1.165, 1.54) is 0 Å². The van der Waals surface area contributed by atoms with Crippen molar-refractivity contribution in [2.45, 2.75) is 26.7 Å². The molecule has 2 heterocycles. The Morgan fingerprint density at radius 2 is 2.31 bits per heavy atom. The van der Waals surface area contributed by atoms with E-state index in [2.05, 4.69) is 11.9 Å². The number of hydrogen-bond acceptors (Lipinski definition) is 2. The van der Waals surface area contributed by atoms with Gasteiger partial charge < -0.3 is 9.51 Å². The van der Waals surface area contributed by atoms with Gasteiger partial charge in [0.1, 0.15) is 5.82 Å². The van der Waals surface area contributed by atoms with E-state index in [0.29, 0.717) is 0 Å². The monoisotopic (exact) mass is 218 g/mol. The lowest BCUT2D eigenvalue weighted by molar-refractivity contribution is -0.136. The fourth-order valence-electron chi connectivity index (χ4n) is 1.89. The van der Waals surface area contributed by atoms with Crippen LogP contribution in [0, 0.1) is 6.92 Å². The largest absolute Gasteiger partial charge is 0.481 e. The Hall–Kier alpha value is -1.84. The number of aromatic nitrogens is 2. The number of fused-ring (bicyclic) bond motifs is 1. The van der Waals surface area contributed by atoms with Gasteiger partial charge in [0.2, 0.25) is 0 Å². The molecule has 0 bridgehead atoms. The van der Waals surface area contributed by atoms with E-state index >= 15 is 0 Å². The molecule has 2 rings (SSSR count). The number of carbonyl (C=O) groups is 1. The van der Waals surface area contributed by atoms with Crippen molar-refractivity contribution in [1.29, 1.82) is 0 Å². The van der Waals surface area contributed by atoms with Gasteiger partial charge in [-0.3, -0.25) is 4.79 Å². The smallest absolute Gasteiger partial charge is 0.307 e. The fraction of sp³-hybridized carbons (Fsp3) is 0.333. The van der Waals surface area contributed by atoms with E-state index in [9.17, 15) is 4.79 Å². The molecule has 4 nitrogen and oxygen atoms in total. The number of nitrogens with zero attached hydrogens (tertiary/aromatic N) is 2. The summed E-state index contributed by atoms with van der Waals surface area (Å²) >= 11 is 0. The number of pyridine rings is 1. The molecule has 0 aromatic carbocycles. The van der Waals surface area contributed by atoms with Gasteiger partial charge in [-0.1, -0.05) is 6.92 Å². The number of carboxylic acid groups (broad SMARTS) is 1. The summed E-state index contributed by atoms with van der Waals surface area (Å²) < 4.78 is 2.01. The zero-order valence-corrected chi connectivity index (χ0v) is 9.40. The Morgan fingerprint density at radius 1 is 1.56 bits per heavy atom. The zero-order valence-electron chi connectivity index (χ0n) is 9.40. The fourth-order valence-corrected chi connectivity index (χ4v) is 1.89. The molecule has 84 valence electrons. The Balaban J connectivity index is 2.53. The maximum absolute atomic E-state index is 10.6. The van der Waals surface area contributed by atoms with Crippen LogP contribution >= 0.6 is 0 Å². The van der Waals surface area contributed by atoms with E-state index in [0.717, 1.165) is 29.0 Å². The molecule has 2 aromatic heterocycles. The van der Waals surface area contributed by atoms with Crippen molar-refractivity contribution in [1.82, 2.24) is 9.38 Å². The minimum absolute atomic E-state index is 0.0581. The Bertz CT molecular complexity index is 543. The third kappa shape index (κ3) is 1.78. The third-order valence-electron chi connectivity index (χ3n) is 2.64. The number of carboxylic acids is 1. The topological polar surface area (TPSA) is 54.6 Å². The van der Waals surface area contributed by atoms with Crippen LogP contribution in [0.2, 0.25) is 0 Å². The summed E-state index contributed by atoms with van der Waals surface area (Å²) in [7, 11) is 0. The van der Waals surface area contributed by atoms with Gasteiger partial charge in [-0.2, -0.15) is 0 Å². The van der Waals surface area contributed by atoms with Crippen LogP contribution in [0.4, 0.5) is 0 Å². The number of imidazole rings is 1. The first kappa shape index (κ1) is 10.7. The van der Waals surface area contributed by atoms with Crippen molar-refractivity contribution in [2.24, 2.45) is 0 Å². The van der Waals surface area contributed by atoms with E-state index in [4.69, 9.17) is 5.11 Å². The quantitative estimate of drug-likeness (QED) is 0.855. The number of rotatable bonds is 3. The zero-order chi connectivity index (χ0) is 11.7. The van der Waals surface area contributed by atoms with E-state index in [-0.39, 0.29) is 6.42 Å². The van der Waals surface area contributed by atoms with Crippen LogP contribution < -0.4 is 0 Å². The van der Waals surface area contributed by atoms with E-state index in [1.54, 1.807) is 0 Å². The molecule has 0 spiro atoms. The molecular formula is C12H14N2O2.